The maximum atomic E-state index is 12.5. The van der Waals surface area contributed by atoms with E-state index in [1.54, 1.807) is 18.7 Å². The lowest BCUT2D eigenvalue weighted by Crippen LogP contribution is -2.54. The number of piperazine rings is 1. The van der Waals surface area contributed by atoms with Crippen molar-refractivity contribution >= 4 is 27.5 Å². The predicted octanol–water partition coefficient (Wildman–Crippen LogP) is 1.88. The molecule has 0 bridgehead atoms. The zero-order valence-corrected chi connectivity index (χ0v) is 16.5. The first kappa shape index (κ1) is 20.2. The summed E-state index contributed by atoms with van der Waals surface area (Å²) in [6.07, 6.45) is 0. The summed E-state index contributed by atoms with van der Waals surface area (Å²) in [4.78, 5) is 28.0. The number of benzene rings is 1. The van der Waals surface area contributed by atoms with Crippen molar-refractivity contribution in [2.75, 3.05) is 31.5 Å². The Bertz CT molecular complexity index is 768. The monoisotopic (exact) mass is 381 g/mol. The van der Waals surface area contributed by atoms with Gasteiger partial charge in [0.2, 0.25) is 5.91 Å². The third-order valence-electron chi connectivity index (χ3n) is 4.65. The Morgan fingerprint density at radius 1 is 1.04 bits per heavy atom. The summed E-state index contributed by atoms with van der Waals surface area (Å²) in [5.74, 6) is -0.391. The molecule has 0 aliphatic carbocycles. The molecule has 7 nitrogen and oxygen atoms in total. The van der Waals surface area contributed by atoms with Gasteiger partial charge < -0.3 is 15.1 Å². The summed E-state index contributed by atoms with van der Waals surface area (Å²) in [6.45, 7) is 7.95. The Morgan fingerprint density at radius 3 is 2.15 bits per heavy atom. The van der Waals surface area contributed by atoms with Gasteiger partial charge in [0.15, 0.2) is 9.84 Å². The van der Waals surface area contributed by atoms with Crippen LogP contribution in [0.1, 0.15) is 26.3 Å². The molecule has 1 aromatic rings. The van der Waals surface area contributed by atoms with Crippen molar-refractivity contribution in [1.82, 2.24) is 9.80 Å². The fourth-order valence-electron chi connectivity index (χ4n) is 2.86. The lowest BCUT2D eigenvalue weighted by Gasteiger charge is -2.36. The Kier molecular flexibility index (Phi) is 6.28. The van der Waals surface area contributed by atoms with Crippen LogP contribution in [0.4, 0.5) is 10.5 Å². The van der Waals surface area contributed by atoms with Crippen LogP contribution in [0.25, 0.3) is 0 Å². The van der Waals surface area contributed by atoms with Crippen molar-refractivity contribution in [2.24, 2.45) is 0 Å². The SMILES string of the molecule is Cc1cccc(NC(=O)N2CCN(C(=O)C(C)S(=O)(=O)C(C)C)CC2)c1. The highest BCUT2D eigenvalue weighted by atomic mass is 32.2. The number of hydrogen-bond donors (Lipinski definition) is 1. The van der Waals surface area contributed by atoms with Crippen LogP contribution >= 0.6 is 0 Å². The maximum absolute atomic E-state index is 12.5. The second-order valence-corrected chi connectivity index (χ2v) is 9.72. The van der Waals surface area contributed by atoms with E-state index in [1.165, 1.54) is 11.8 Å². The zero-order valence-electron chi connectivity index (χ0n) is 15.7. The summed E-state index contributed by atoms with van der Waals surface area (Å²) < 4.78 is 24.4. The molecule has 144 valence electrons. The number of carbonyl (C=O) groups is 2. The van der Waals surface area contributed by atoms with E-state index in [9.17, 15) is 18.0 Å². The number of hydrogen-bond acceptors (Lipinski definition) is 4. The molecule has 1 heterocycles. The van der Waals surface area contributed by atoms with E-state index in [2.05, 4.69) is 5.32 Å². The molecule has 8 heteroatoms. The van der Waals surface area contributed by atoms with Gasteiger partial charge in [-0.3, -0.25) is 4.79 Å². The molecule has 0 saturated carbocycles. The van der Waals surface area contributed by atoms with Crippen molar-refractivity contribution in [3.63, 3.8) is 0 Å². The number of carbonyl (C=O) groups excluding carboxylic acids is 2. The van der Waals surface area contributed by atoms with Crippen LogP contribution in [0.3, 0.4) is 0 Å². The van der Waals surface area contributed by atoms with Crippen molar-refractivity contribution in [1.29, 1.82) is 0 Å². The molecule has 1 atom stereocenters. The third kappa shape index (κ3) is 4.55. The number of aryl methyl sites for hydroxylation is 1. The minimum atomic E-state index is -3.48. The van der Waals surface area contributed by atoms with E-state index in [4.69, 9.17) is 0 Å². The Morgan fingerprint density at radius 2 is 1.62 bits per heavy atom. The summed E-state index contributed by atoms with van der Waals surface area (Å²) in [5.41, 5.74) is 1.78. The smallest absolute Gasteiger partial charge is 0.321 e. The zero-order chi connectivity index (χ0) is 19.5. The van der Waals surface area contributed by atoms with E-state index < -0.39 is 26.2 Å². The van der Waals surface area contributed by atoms with Gasteiger partial charge in [0.25, 0.3) is 0 Å². The molecule has 1 N–H and O–H groups in total. The minimum absolute atomic E-state index is 0.217. The van der Waals surface area contributed by atoms with Gasteiger partial charge in [0.05, 0.1) is 5.25 Å². The molecule has 2 rings (SSSR count). The highest BCUT2D eigenvalue weighted by molar-refractivity contribution is 7.93. The lowest BCUT2D eigenvalue weighted by atomic mass is 10.2. The summed E-state index contributed by atoms with van der Waals surface area (Å²) in [5, 5.41) is 1.19. The minimum Gasteiger partial charge on any atom is -0.338 e. The van der Waals surface area contributed by atoms with Gasteiger partial charge in [-0.25, -0.2) is 13.2 Å². The van der Waals surface area contributed by atoms with Crippen LogP contribution in [0.2, 0.25) is 0 Å². The molecule has 0 aromatic heterocycles. The first-order valence-corrected chi connectivity index (χ1v) is 10.4. The first-order chi connectivity index (χ1) is 12.1. The number of urea groups is 1. The van der Waals surface area contributed by atoms with Crippen LogP contribution in [-0.4, -0.2) is 66.8 Å². The van der Waals surface area contributed by atoms with E-state index in [0.29, 0.717) is 26.2 Å². The maximum Gasteiger partial charge on any atom is 0.321 e. The van der Waals surface area contributed by atoms with E-state index >= 15 is 0 Å². The van der Waals surface area contributed by atoms with Gasteiger partial charge >= 0.3 is 6.03 Å². The number of sulfone groups is 1. The molecular formula is C18H27N3O4S. The third-order valence-corrected chi connectivity index (χ3v) is 7.15. The van der Waals surface area contributed by atoms with Crippen molar-refractivity contribution in [3.8, 4) is 0 Å². The number of amides is 3. The standard InChI is InChI=1S/C18H27N3O4S/c1-13(2)26(24,25)15(4)17(22)20-8-10-21(11-9-20)18(23)19-16-7-5-6-14(3)12-16/h5-7,12-13,15H,8-11H2,1-4H3,(H,19,23). The molecule has 3 amide bonds. The summed E-state index contributed by atoms with van der Waals surface area (Å²) in [6, 6.07) is 7.31. The molecule has 1 aliphatic rings. The molecule has 0 spiro atoms. The average Bonchev–Trinajstić information content (AvgIpc) is 2.60. The molecule has 1 aromatic carbocycles. The van der Waals surface area contributed by atoms with Gasteiger partial charge in [0, 0.05) is 31.9 Å². The van der Waals surface area contributed by atoms with Crippen molar-refractivity contribution in [2.45, 2.75) is 38.2 Å². The molecular weight excluding hydrogens is 354 g/mol. The second-order valence-electron chi connectivity index (χ2n) is 6.89. The molecule has 1 unspecified atom stereocenters. The number of rotatable bonds is 4. The normalized spacial score (nSPS) is 16.5. The first-order valence-electron chi connectivity index (χ1n) is 8.77. The highest BCUT2D eigenvalue weighted by Crippen LogP contribution is 2.15. The van der Waals surface area contributed by atoms with E-state index in [-0.39, 0.29) is 6.03 Å². The van der Waals surface area contributed by atoms with Gasteiger partial charge in [-0.2, -0.15) is 0 Å². The number of nitrogens with one attached hydrogen (secondary N) is 1. The number of anilines is 1. The fraction of sp³-hybridized carbons (Fsp3) is 0.556. The quantitative estimate of drug-likeness (QED) is 0.863. The molecule has 0 radical (unpaired) electrons. The average molecular weight is 381 g/mol. The summed E-state index contributed by atoms with van der Waals surface area (Å²) >= 11 is 0. The molecule has 1 fully saturated rings. The highest BCUT2D eigenvalue weighted by Gasteiger charge is 2.35. The van der Waals surface area contributed by atoms with Gasteiger partial charge in [-0.15, -0.1) is 0 Å². The van der Waals surface area contributed by atoms with Crippen molar-refractivity contribution < 1.29 is 18.0 Å². The fourth-order valence-corrected chi connectivity index (χ4v) is 4.11. The second kappa shape index (κ2) is 8.07. The van der Waals surface area contributed by atoms with Crippen LogP contribution in [0, 0.1) is 6.92 Å². The van der Waals surface area contributed by atoms with Gasteiger partial charge in [0.1, 0.15) is 5.25 Å². The van der Waals surface area contributed by atoms with Gasteiger partial charge in [-0.05, 0) is 45.4 Å². The molecule has 26 heavy (non-hydrogen) atoms. The largest absolute Gasteiger partial charge is 0.338 e. The van der Waals surface area contributed by atoms with Crippen LogP contribution < -0.4 is 5.32 Å². The van der Waals surface area contributed by atoms with Crippen LogP contribution in [-0.2, 0) is 14.6 Å². The van der Waals surface area contributed by atoms with E-state index in [1.807, 2.05) is 31.2 Å². The Balaban J connectivity index is 1.92. The topological polar surface area (TPSA) is 86.8 Å². The molecule has 1 saturated heterocycles. The summed E-state index contributed by atoms with van der Waals surface area (Å²) in [7, 11) is -3.48. The number of nitrogens with zero attached hydrogens (tertiary/aromatic N) is 2. The van der Waals surface area contributed by atoms with Gasteiger partial charge in [-0.1, -0.05) is 12.1 Å². The van der Waals surface area contributed by atoms with Crippen LogP contribution in [0.15, 0.2) is 24.3 Å². The van der Waals surface area contributed by atoms with E-state index in [0.717, 1.165) is 11.3 Å². The Labute approximate surface area is 155 Å². The Hall–Kier alpha value is -2.09. The lowest BCUT2D eigenvalue weighted by molar-refractivity contribution is -0.131. The van der Waals surface area contributed by atoms with Crippen LogP contribution in [0.5, 0.6) is 0 Å². The predicted molar refractivity (Wildman–Crippen MR) is 102 cm³/mol. The molecule has 1 aliphatic heterocycles. The van der Waals surface area contributed by atoms with Crippen molar-refractivity contribution in [3.05, 3.63) is 29.8 Å².